The van der Waals surface area contributed by atoms with Crippen LogP contribution in [0.3, 0.4) is 0 Å². The molecule has 1 aliphatic rings. The largest absolute Gasteiger partial charge is 1.00 e. The second kappa shape index (κ2) is 6.91. The molecule has 1 aromatic carbocycles. The Hall–Kier alpha value is -1.32. The second-order valence-corrected chi connectivity index (χ2v) is 5.06. The van der Waals surface area contributed by atoms with Crippen molar-refractivity contribution in [2.45, 2.75) is 25.7 Å². The third-order valence-corrected chi connectivity index (χ3v) is 3.75. The van der Waals surface area contributed by atoms with Crippen molar-refractivity contribution in [3.63, 3.8) is 0 Å². The van der Waals surface area contributed by atoms with Gasteiger partial charge in [-0.1, -0.05) is 18.2 Å². The topological polar surface area (TPSA) is 34.1 Å². The minimum absolute atomic E-state index is 0. The summed E-state index contributed by atoms with van der Waals surface area (Å²) in [5.74, 6) is 0. The van der Waals surface area contributed by atoms with Crippen LogP contribution in [0.4, 0.5) is 5.69 Å². The molecule has 3 nitrogen and oxygen atoms in total. The van der Waals surface area contributed by atoms with Gasteiger partial charge < -0.3 is 22.5 Å². The maximum absolute atomic E-state index is 5.11. The SMILES string of the molecule is COCCCNc1c2c(nc3ccccc13)CCC2.[Cl-]. The van der Waals surface area contributed by atoms with Crippen LogP contribution in [0.15, 0.2) is 24.3 Å². The van der Waals surface area contributed by atoms with Gasteiger partial charge in [0.25, 0.3) is 0 Å². The van der Waals surface area contributed by atoms with Gasteiger partial charge in [0.2, 0.25) is 0 Å². The molecular formula is C16H20ClN2O-. The highest BCUT2D eigenvalue weighted by Crippen LogP contribution is 2.33. The van der Waals surface area contributed by atoms with Gasteiger partial charge >= 0.3 is 0 Å². The van der Waals surface area contributed by atoms with Crippen LogP contribution < -0.4 is 17.7 Å². The normalized spacial score (nSPS) is 13.1. The van der Waals surface area contributed by atoms with E-state index in [4.69, 9.17) is 9.72 Å². The Morgan fingerprint density at radius 3 is 2.95 bits per heavy atom. The summed E-state index contributed by atoms with van der Waals surface area (Å²) in [7, 11) is 1.75. The molecule has 0 aliphatic heterocycles. The van der Waals surface area contributed by atoms with Crippen LogP contribution in [0.2, 0.25) is 0 Å². The van der Waals surface area contributed by atoms with Crippen molar-refractivity contribution in [3.05, 3.63) is 35.5 Å². The molecule has 0 fully saturated rings. The van der Waals surface area contributed by atoms with E-state index < -0.39 is 0 Å². The maximum atomic E-state index is 5.11. The second-order valence-electron chi connectivity index (χ2n) is 5.06. The van der Waals surface area contributed by atoms with Crippen molar-refractivity contribution in [2.75, 3.05) is 25.6 Å². The van der Waals surface area contributed by atoms with Crippen molar-refractivity contribution in [2.24, 2.45) is 0 Å². The summed E-state index contributed by atoms with van der Waals surface area (Å²) < 4.78 is 5.11. The summed E-state index contributed by atoms with van der Waals surface area (Å²) in [6.45, 7) is 1.76. The molecule has 0 atom stereocenters. The lowest BCUT2D eigenvalue weighted by Crippen LogP contribution is -3.00. The van der Waals surface area contributed by atoms with Gasteiger partial charge in [-0.25, -0.2) is 0 Å². The van der Waals surface area contributed by atoms with Crippen LogP contribution in [-0.4, -0.2) is 25.2 Å². The molecule has 0 radical (unpaired) electrons. The van der Waals surface area contributed by atoms with E-state index >= 15 is 0 Å². The predicted octanol–water partition coefficient (Wildman–Crippen LogP) is 0.176. The van der Waals surface area contributed by atoms with Gasteiger partial charge in [-0.2, -0.15) is 0 Å². The number of benzene rings is 1. The molecule has 2 aromatic rings. The molecule has 1 aromatic heterocycles. The highest BCUT2D eigenvalue weighted by Gasteiger charge is 2.18. The van der Waals surface area contributed by atoms with Gasteiger partial charge in [0.1, 0.15) is 0 Å². The number of nitrogens with one attached hydrogen (secondary N) is 1. The van der Waals surface area contributed by atoms with Gasteiger partial charge in [-0.05, 0) is 37.3 Å². The fourth-order valence-corrected chi connectivity index (χ4v) is 2.84. The predicted molar refractivity (Wildman–Crippen MR) is 78.8 cm³/mol. The number of fused-ring (bicyclic) bond motifs is 2. The van der Waals surface area contributed by atoms with Crippen LogP contribution >= 0.6 is 0 Å². The number of methoxy groups -OCH3 is 1. The first kappa shape index (κ1) is 15.1. The van der Waals surface area contributed by atoms with Gasteiger partial charge in [-0.3, -0.25) is 4.98 Å². The zero-order valence-electron chi connectivity index (χ0n) is 11.8. The molecule has 108 valence electrons. The van der Waals surface area contributed by atoms with Crippen LogP contribution in [0.5, 0.6) is 0 Å². The smallest absolute Gasteiger partial charge is 0.0726 e. The average molecular weight is 292 g/mol. The molecule has 0 spiro atoms. The molecule has 0 saturated heterocycles. The average Bonchev–Trinajstić information content (AvgIpc) is 2.90. The van der Waals surface area contributed by atoms with Crippen molar-refractivity contribution < 1.29 is 17.1 Å². The number of rotatable bonds is 5. The maximum Gasteiger partial charge on any atom is 0.0726 e. The summed E-state index contributed by atoms with van der Waals surface area (Å²) in [4.78, 5) is 4.80. The number of hydrogen-bond donors (Lipinski definition) is 1. The zero-order valence-corrected chi connectivity index (χ0v) is 12.5. The van der Waals surface area contributed by atoms with Crippen molar-refractivity contribution >= 4 is 16.6 Å². The molecule has 1 N–H and O–H groups in total. The molecule has 1 aliphatic carbocycles. The van der Waals surface area contributed by atoms with Gasteiger partial charge in [-0.15, -0.1) is 0 Å². The Morgan fingerprint density at radius 1 is 1.25 bits per heavy atom. The van der Waals surface area contributed by atoms with Crippen molar-refractivity contribution in [1.82, 2.24) is 4.98 Å². The monoisotopic (exact) mass is 291 g/mol. The minimum Gasteiger partial charge on any atom is -1.00 e. The summed E-state index contributed by atoms with van der Waals surface area (Å²) in [6, 6.07) is 8.42. The van der Waals surface area contributed by atoms with Crippen molar-refractivity contribution in [1.29, 1.82) is 0 Å². The number of para-hydroxylation sites is 1. The van der Waals surface area contributed by atoms with E-state index in [0.717, 1.165) is 37.9 Å². The number of anilines is 1. The number of halogens is 1. The lowest BCUT2D eigenvalue weighted by molar-refractivity contribution is -0.00000427. The fourth-order valence-electron chi connectivity index (χ4n) is 2.84. The Kier molecular flexibility index (Phi) is 5.21. The van der Waals surface area contributed by atoms with Crippen LogP contribution in [0, 0.1) is 0 Å². The summed E-state index contributed by atoms with van der Waals surface area (Å²) in [6.07, 6.45) is 4.53. The van der Waals surface area contributed by atoms with E-state index in [-0.39, 0.29) is 12.4 Å². The minimum atomic E-state index is 0. The quantitative estimate of drug-likeness (QED) is 0.798. The third-order valence-electron chi connectivity index (χ3n) is 3.75. The Balaban J connectivity index is 0.00000147. The number of hydrogen-bond acceptors (Lipinski definition) is 3. The fraction of sp³-hybridized carbons (Fsp3) is 0.438. The first-order valence-electron chi connectivity index (χ1n) is 7.03. The molecule has 4 heteroatoms. The van der Waals surface area contributed by atoms with Crippen molar-refractivity contribution in [3.8, 4) is 0 Å². The molecule has 1 heterocycles. The van der Waals surface area contributed by atoms with E-state index in [9.17, 15) is 0 Å². The number of pyridine rings is 1. The summed E-state index contributed by atoms with van der Waals surface area (Å²) in [5, 5.41) is 4.85. The van der Waals surface area contributed by atoms with Crippen LogP contribution in [-0.2, 0) is 17.6 Å². The van der Waals surface area contributed by atoms with Crippen LogP contribution in [0.1, 0.15) is 24.1 Å². The Morgan fingerprint density at radius 2 is 2.10 bits per heavy atom. The first-order valence-corrected chi connectivity index (χ1v) is 7.03. The van der Waals surface area contributed by atoms with Gasteiger partial charge in [0.15, 0.2) is 0 Å². The highest BCUT2D eigenvalue weighted by atomic mass is 35.5. The Bertz CT molecular complexity index is 586. The zero-order chi connectivity index (χ0) is 13.1. The lowest BCUT2D eigenvalue weighted by Gasteiger charge is -2.14. The number of ether oxygens (including phenoxy) is 1. The summed E-state index contributed by atoms with van der Waals surface area (Å²) in [5.41, 5.74) is 5.12. The van der Waals surface area contributed by atoms with Gasteiger partial charge in [0.05, 0.1) is 5.52 Å². The van der Waals surface area contributed by atoms with Crippen LogP contribution in [0.25, 0.3) is 10.9 Å². The van der Waals surface area contributed by atoms with E-state index in [2.05, 4.69) is 29.6 Å². The molecular weight excluding hydrogens is 272 g/mol. The molecule has 0 amide bonds. The highest BCUT2D eigenvalue weighted by molar-refractivity contribution is 5.93. The Labute approximate surface area is 126 Å². The van der Waals surface area contributed by atoms with E-state index in [1.54, 1.807) is 7.11 Å². The number of nitrogens with zero attached hydrogens (tertiary/aromatic N) is 1. The number of aromatic nitrogens is 1. The van der Waals surface area contributed by atoms with E-state index in [1.807, 2.05) is 0 Å². The number of aryl methyl sites for hydroxylation is 1. The van der Waals surface area contributed by atoms with Gasteiger partial charge in [0, 0.05) is 37.0 Å². The lowest BCUT2D eigenvalue weighted by atomic mass is 10.1. The first-order chi connectivity index (χ1) is 9.40. The van der Waals surface area contributed by atoms with E-state index in [1.165, 1.54) is 28.8 Å². The van der Waals surface area contributed by atoms with E-state index in [0.29, 0.717) is 0 Å². The molecule has 0 unspecified atom stereocenters. The standard InChI is InChI=1S/C16H20N2O.ClH/c1-19-11-5-10-17-16-12-6-2-3-8-14(12)18-15-9-4-7-13(15)16;/h2-3,6,8H,4-5,7,9-11H2,1H3,(H,17,18);1H/p-1. The third kappa shape index (κ3) is 2.89. The molecule has 3 rings (SSSR count). The molecule has 0 saturated carbocycles. The molecule has 20 heavy (non-hydrogen) atoms. The summed E-state index contributed by atoms with van der Waals surface area (Å²) >= 11 is 0. The molecule has 0 bridgehead atoms.